The molecule has 1 aliphatic rings. The van der Waals surface area contributed by atoms with Crippen LogP contribution in [0.15, 0.2) is 0 Å². The predicted molar refractivity (Wildman–Crippen MR) is 57.1 cm³/mol. The van der Waals surface area contributed by atoms with Crippen LogP contribution in [0.5, 0.6) is 0 Å². The van der Waals surface area contributed by atoms with Crippen molar-refractivity contribution in [1.82, 2.24) is 5.32 Å². The van der Waals surface area contributed by atoms with E-state index < -0.39 is 0 Å². The first-order valence-corrected chi connectivity index (χ1v) is 5.70. The second kappa shape index (κ2) is 5.69. The summed E-state index contributed by atoms with van der Waals surface area (Å²) in [6, 6.07) is 0.576. The van der Waals surface area contributed by atoms with Gasteiger partial charge in [-0.15, -0.1) is 0 Å². The van der Waals surface area contributed by atoms with Crippen molar-refractivity contribution < 1.29 is 10.2 Å². The second-order valence-electron chi connectivity index (χ2n) is 4.63. The molecular weight excluding hydrogens is 178 g/mol. The van der Waals surface area contributed by atoms with Crippen LogP contribution in [-0.2, 0) is 0 Å². The molecule has 14 heavy (non-hydrogen) atoms. The molecule has 1 saturated carbocycles. The van der Waals surface area contributed by atoms with Crippen molar-refractivity contribution in [3.63, 3.8) is 0 Å². The Labute approximate surface area is 86.5 Å². The summed E-state index contributed by atoms with van der Waals surface area (Å²) in [6.07, 6.45) is 3.69. The van der Waals surface area contributed by atoms with E-state index in [2.05, 4.69) is 19.2 Å². The van der Waals surface area contributed by atoms with E-state index in [0.717, 1.165) is 25.7 Å². The maximum absolute atomic E-state index is 9.66. The summed E-state index contributed by atoms with van der Waals surface area (Å²) >= 11 is 0. The first kappa shape index (κ1) is 12.0. The number of aliphatic hydroxyl groups excluding tert-OH is 2. The molecule has 84 valence electrons. The van der Waals surface area contributed by atoms with Gasteiger partial charge in [0.1, 0.15) is 0 Å². The zero-order valence-electron chi connectivity index (χ0n) is 9.24. The molecule has 3 heteroatoms. The molecule has 1 fully saturated rings. The maximum atomic E-state index is 9.66. The molecule has 1 rings (SSSR count). The zero-order chi connectivity index (χ0) is 10.6. The first-order valence-electron chi connectivity index (χ1n) is 5.70. The number of aliphatic hydroxyl groups is 2. The highest BCUT2D eigenvalue weighted by Gasteiger charge is 2.27. The van der Waals surface area contributed by atoms with Crippen LogP contribution in [0.2, 0.25) is 0 Å². The minimum absolute atomic E-state index is 0.185. The average molecular weight is 201 g/mol. The smallest absolute Gasteiger partial charge is 0.0693 e. The molecule has 0 saturated heterocycles. The molecule has 0 heterocycles. The minimum atomic E-state index is -0.185. The third-order valence-electron chi connectivity index (χ3n) is 3.15. The summed E-state index contributed by atoms with van der Waals surface area (Å²) in [5.41, 5.74) is 0. The largest absolute Gasteiger partial charge is 0.396 e. The molecule has 0 aromatic heterocycles. The molecule has 3 nitrogen and oxygen atoms in total. The van der Waals surface area contributed by atoms with Gasteiger partial charge in [-0.2, -0.15) is 0 Å². The van der Waals surface area contributed by atoms with Gasteiger partial charge >= 0.3 is 0 Å². The summed E-state index contributed by atoms with van der Waals surface area (Å²) in [5.74, 6) is 0.509. The number of rotatable bonds is 5. The van der Waals surface area contributed by atoms with Crippen LogP contribution in [0.3, 0.4) is 0 Å². The van der Waals surface area contributed by atoms with Crippen molar-refractivity contribution in [1.29, 1.82) is 0 Å². The van der Waals surface area contributed by atoms with Crippen LogP contribution >= 0.6 is 0 Å². The fourth-order valence-corrected chi connectivity index (χ4v) is 2.16. The SMILES string of the molecule is CC(C)C(CCO)N[C@@H]1CCC[C@H]1O. The molecule has 3 N–H and O–H groups in total. The fraction of sp³-hybridized carbons (Fsp3) is 1.00. The molecule has 0 bridgehead atoms. The van der Waals surface area contributed by atoms with E-state index in [1.54, 1.807) is 0 Å². The van der Waals surface area contributed by atoms with Gasteiger partial charge < -0.3 is 15.5 Å². The van der Waals surface area contributed by atoms with E-state index >= 15 is 0 Å². The van der Waals surface area contributed by atoms with Gasteiger partial charge in [0, 0.05) is 18.7 Å². The van der Waals surface area contributed by atoms with Crippen LogP contribution in [0.4, 0.5) is 0 Å². The van der Waals surface area contributed by atoms with Crippen LogP contribution in [-0.4, -0.2) is 35.0 Å². The number of hydrogen-bond acceptors (Lipinski definition) is 3. The van der Waals surface area contributed by atoms with Crippen LogP contribution in [0, 0.1) is 5.92 Å². The molecule has 1 unspecified atom stereocenters. The molecule has 1 aliphatic carbocycles. The first-order chi connectivity index (χ1) is 6.65. The molecule has 0 amide bonds. The van der Waals surface area contributed by atoms with Gasteiger partial charge in [-0.25, -0.2) is 0 Å². The lowest BCUT2D eigenvalue weighted by Crippen LogP contribution is -2.45. The van der Waals surface area contributed by atoms with Crippen LogP contribution < -0.4 is 5.32 Å². The van der Waals surface area contributed by atoms with Crippen molar-refractivity contribution in [2.24, 2.45) is 5.92 Å². The summed E-state index contributed by atoms with van der Waals surface area (Å²) in [4.78, 5) is 0. The molecule has 0 aliphatic heterocycles. The van der Waals surface area contributed by atoms with Crippen molar-refractivity contribution in [2.75, 3.05) is 6.61 Å². The average Bonchev–Trinajstić information content (AvgIpc) is 2.51. The Bertz CT molecular complexity index is 161. The molecule has 0 spiro atoms. The van der Waals surface area contributed by atoms with Crippen LogP contribution in [0.1, 0.15) is 39.5 Å². The molecule has 0 aromatic rings. The zero-order valence-corrected chi connectivity index (χ0v) is 9.24. The van der Waals surface area contributed by atoms with Crippen molar-refractivity contribution in [2.45, 2.75) is 57.7 Å². The quantitative estimate of drug-likeness (QED) is 0.619. The van der Waals surface area contributed by atoms with Crippen molar-refractivity contribution >= 4 is 0 Å². The Morgan fingerprint density at radius 1 is 1.36 bits per heavy atom. The highest BCUT2D eigenvalue weighted by atomic mass is 16.3. The van der Waals surface area contributed by atoms with E-state index in [-0.39, 0.29) is 18.8 Å². The third kappa shape index (κ3) is 3.23. The minimum Gasteiger partial charge on any atom is -0.396 e. The summed E-state index contributed by atoms with van der Waals surface area (Å²) in [6.45, 7) is 4.52. The lowest BCUT2D eigenvalue weighted by molar-refractivity contribution is 0.132. The lowest BCUT2D eigenvalue weighted by atomic mass is 9.99. The van der Waals surface area contributed by atoms with Crippen molar-refractivity contribution in [3.05, 3.63) is 0 Å². The van der Waals surface area contributed by atoms with E-state index in [9.17, 15) is 5.11 Å². The summed E-state index contributed by atoms with van der Waals surface area (Å²) < 4.78 is 0. The molecule has 0 aromatic carbocycles. The summed E-state index contributed by atoms with van der Waals surface area (Å²) in [7, 11) is 0. The Morgan fingerprint density at radius 2 is 2.07 bits per heavy atom. The Balaban J connectivity index is 2.37. The topological polar surface area (TPSA) is 52.5 Å². The monoisotopic (exact) mass is 201 g/mol. The van der Waals surface area contributed by atoms with Gasteiger partial charge in [0.2, 0.25) is 0 Å². The van der Waals surface area contributed by atoms with E-state index in [1.165, 1.54) is 0 Å². The normalized spacial score (nSPS) is 29.8. The van der Waals surface area contributed by atoms with Gasteiger partial charge in [0.15, 0.2) is 0 Å². The van der Waals surface area contributed by atoms with Gasteiger partial charge in [-0.1, -0.05) is 13.8 Å². The second-order valence-corrected chi connectivity index (χ2v) is 4.63. The van der Waals surface area contributed by atoms with E-state index in [4.69, 9.17) is 5.11 Å². The van der Waals surface area contributed by atoms with Gasteiger partial charge in [-0.3, -0.25) is 0 Å². The van der Waals surface area contributed by atoms with Crippen molar-refractivity contribution in [3.8, 4) is 0 Å². The number of nitrogens with one attached hydrogen (secondary N) is 1. The van der Waals surface area contributed by atoms with E-state index in [0.29, 0.717) is 12.0 Å². The predicted octanol–water partition coefficient (Wildman–Crippen LogP) is 0.896. The fourth-order valence-electron chi connectivity index (χ4n) is 2.16. The lowest BCUT2D eigenvalue weighted by Gasteiger charge is -2.27. The molecular formula is C11H23NO2. The van der Waals surface area contributed by atoms with Gasteiger partial charge in [0.25, 0.3) is 0 Å². The van der Waals surface area contributed by atoms with Gasteiger partial charge in [0.05, 0.1) is 6.10 Å². The Morgan fingerprint density at radius 3 is 2.50 bits per heavy atom. The standard InChI is InChI=1S/C11H23NO2/c1-8(2)9(6-7-13)12-10-4-3-5-11(10)14/h8-14H,3-7H2,1-2H3/t9?,10-,11-/m1/s1. The highest BCUT2D eigenvalue weighted by molar-refractivity contribution is 4.86. The summed E-state index contributed by atoms with van der Waals surface area (Å²) in [5, 5.41) is 22.0. The van der Waals surface area contributed by atoms with Crippen LogP contribution in [0.25, 0.3) is 0 Å². The third-order valence-corrected chi connectivity index (χ3v) is 3.15. The highest BCUT2D eigenvalue weighted by Crippen LogP contribution is 2.20. The Hall–Kier alpha value is -0.120. The Kier molecular flexibility index (Phi) is 4.85. The van der Waals surface area contributed by atoms with Gasteiger partial charge in [-0.05, 0) is 31.6 Å². The number of hydrogen-bond donors (Lipinski definition) is 3. The molecule has 0 radical (unpaired) electrons. The van der Waals surface area contributed by atoms with E-state index in [1.807, 2.05) is 0 Å². The molecule has 3 atom stereocenters. The maximum Gasteiger partial charge on any atom is 0.0693 e.